The van der Waals surface area contributed by atoms with Crippen LogP contribution >= 0.6 is 0 Å². The van der Waals surface area contributed by atoms with Crippen LogP contribution in [0.2, 0.25) is 0 Å². The third kappa shape index (κ3) is 1.67. The zero-order valence-electron chi connectivity index (χ0n) is 7.11. The van der Waals surface area contributed by atoms with Gasteiger partial charge in [-0.3, -0.25) is 4.68 Å². The van der Waals surface area contributed by atoms with E-state index in [1.165, 1.54) is 18.5 Å². The van der Waals surface area contributed by atoms with Crippen LogP contribution in [-0.4, -0.2) is 21.5 Å². The summed E-state index contributed by atoms with van der Waals surface area (Å²) in [5.74, 6) is 0.736. The molecular weight excluding hydrogens is 152 g/mol. The Hall–Kier alpha value is -0.830. The summed E-state index contributed by atoms with van der Waals surface area (Å²) in [5.41, 5.74) is 1.23. The zero-order valence-corrected chi connectivity index (χ0v) is 7.11. The maximum atomic E-state index is 8.61. The minimum Gasteiger partial charge on any atom is -0.396 e. The van der Waals surface area contributed by atoms with Gasteiger partial charge in [0.15, 0.2) is 0 Å². The Labute approximate surface area is 72.0 Å². The van der Waals surface area contributed by atoms with Gasteiger partial charge in [0.25, 0.3) is 0 Å². The molecule has 0 spiro atoms. The first-order valence-electron chi connectivity index (χ1n) is 4.54. The zero-order chi connectivity index (χ0) is 8.39. The molecule has 0 aromatic carbocycles. The van der Waals surface area contributed by atoms with Gasteiger partial charge in [-0.05, 0) is 25.3 Å². The molecule has 0 bridgehead atoms. The van der Waals surface area contributed by atoms with Crippen LogP contribution in [0.5, 0.6) is 0 Å². The van der Waals surface area contributed by atoms with Gasteiger partial charge in [-0.1, -0.05) is 0 Å². The Morgan fingerprint density at radius 1 is 1.58 bits per heavy atom. The van der Waals surface area contributed by atoms with Crippen molar-refractivity contribution in [2.75, 3.05) is 6.61 Å². The summed E-state index contributed by atoms with van der Waals surface area (Å²) in [5, 5.41) is 13.0. The highest BCUT2D eigenvalue weighted by atomic mass is 16.3. The van der Waals surface area contributed by atoms with Gasteiger partial charge in [-0.15, -0.1) is 0 Å². The largest absolute Gasteiger partial charge is 0.396 e. The minimum atomic E-state index is 0.249. The fourth-order valence-corrected chi connectivity index (χ4v) is 1.33. The maximum absolute atomic E-state index is 8.61. The molecule has 0 atom stereocenters. The van der Waals surface area contributed by atoms with Crippen LogP contribution in [0.1, 0.15) is 30.9 Å². The van der Waals surface area contributed by atoms with Crippen molar-refractivity contribution >= 4 is 0 Å². The van der Waals surface area contributed by atoms with Gasteiger partial charge in [0.1, 0.15) is 0 Å². The van der Waals surface area contributed by atoms with E-state index in [0.717, 1.165) is 18.9 Å². The molecule has 2 rings (SSSR count). The Kier molecular flexibility index (Phi) is 2.13. The number of hydrogen-bond acceptors (Lipinski definition) is 2. The summed E-state index contributed by atoms with van der Waals surface area (Å²) in [4.78, 5) is 0. The molecule has 12 heavy (non-hydrogen) atoms. The molecule has 0 radical (unpaired) electrons. The normalized spacial score (nSPS) is 16.8. The number of aliphatic hydroxyl groups excluding tert-OH is 1. The first-order chi connectivity index (χ1) is 5.90. The van der Waals surface area contributed by atoms with Crippen molar-refractivity contribution in [3.63, 3.8) is 0 Å². The van der Waals surface area contributed by atoms with Gasteiger partial charge in [0, 0.05) is 25.3 Å². The van der Waals surface area contributed by atoms with Gasteiger partial charge in [0.05, 0.1) is 5.69 Å². The average molecular weight is 166 g/mol. The highest BCUT2D eigenvalue weighted by Crippen LogP contribution is 2.38. The molecule has 66 valence electrons. The van der Waals surface area contributed by atoms with Gasteiger partial charge in [-0.25, -0.2) is 0 Å². The second kappa shape index (κ2) is 3.27. The van der Waals surface area contributed by atoms with E-state index in [9.17, 15) is 0 Å². The molecule has 0 unspecified atom stereocenters. The van der Waals surface area contributed by atoms with Gasteiger partial charge in [0.2, 0.25) is 0 Å². The lowest BCUT2D eigenvalue weighted by Gasteiger charge is -1.97. The molecule has 1 N–H and O–H groups in total. The molecule has 0 aliphatic heterocycles. The Bertz CT molecular complexity index is 253. The van der Waals surface area contributed by atoms with Crippen LogP contribution in [0.25, 0.3) is 0 Å². The first-order valence-corrected chi connectivity index (χ1v) is 4.54. The summed E-state index contributed by atoms with van der Waals surface area (Å²) in [7, 11) is 0. The summed E-state index contributed by atoms with van der Waals surface area (Å²) < 4.78 is 1.92. The average Bonchev–Trinajstić information content (AvgIpc) is 2.83. The van der Waals surface area contributed by atoms with E-state index in [2.05, 4.69) is 11.2 Å². The predicted molar refractivity (Wildman–Crippen MR) is 45.9 cm³/mol. The van der Waals surface area contributed by atoms with Crippen molar-refractivity contribution in [2.45, 2.75) is 31.7 Å². The van der Waals surface area contributed by atoms with Crippen molar-refractivity contribution in [3.8, 4) is 0 Å². The number of rotatable bonds is 4. The number of aromatic nitrogens is 2. The van der Waals surface area contributed by atoms with Crippen molar-refractivity contribution < 1.29 is 5.11 Å². The lowest BCUT2D eigenvalue weighted by molar-refractivity contribution is 0.277. The predicted octanol–water partition coefficient (Wildman–Crippen LogP) is 1.14. The molecule has 1 fully saturated rings. The second-order valence-corrected chi connectivity index (χ2v) is 3.36. The van der Waals surface area contributed by atoms with Crippen LogP contribution in [0.3, 0.4) is 0 Å². The van der Waals surface area contributed by atoms with E-state index in [1.807, 2.05) is 10.9 Å². The number of aryl methyl sites for hydroxylation is 1. The van der Waals surface area contributed by atoms with Gasteiger partial charge >= 0.3 is 0 Å². The van der Waals surface area contributed by atoms with Crippen molar-refractivity contribution in [1.29, 1.82) is 0 Å². The molecule has 1 aliphatic carbocycles. The summed E-state index contributed by atoms with van der Waals surface area (Å²) in [6.45, 7) is 1.09. The van der Waals surface area contributed by atoms with E-state index in [-0.39, 0.29) is 6.61 Å². The number of aliphatic hydroxyl groups is 1. The topological polar surface area (TPSA) is 38.0 Å². The summed E-state index contributed by atoms with van der Waals surface area (Å²) >= 11 is 0. The van der Waals surface area contributed by atoms with Gasteiger partial charge in [-0.2, -0.15) is 5.10 Å². The fourth-order valence-electron chi connectivity index (χ4n) is 1.33. The van der Waals surface area contributed by atoms with E-state index < -0.39 is 0 Å². The summed E-state index contributed by atoms with van der Waals surface area (Å²) in [6.07, 6.45) is 5.41. The standard InChI is InChI=1S/C9H14N2O/c12-7-1-5-11-6-4-9(10-11)8-2-3-8/h4,6,8,12H,1-3,5,7H2. The van der Waals surface area contributed by atoms with Crippen LogP contribution in [0.4, 0.5) is 0 Å². The quantitative estimate of drug-likeness (QED) is 0.728. The lowest BCUT2D eigenvalue weighted by Crippen LogP contribution is -2.00. The molecule has 1 heterocycles. The highest BCUT2D eigenvalue weighted by molar-refractivity contribution is 5.12. The van der Waals surface area contributed by atoms with E-state index in [4.69, 9.17) is 5.11 Å². The summed E-state index contributed by atoms with van der Waals surface area (Å²) in [6, 6.07) is 2.09. The molecule has 3 nitrogen and oxygen atoms in total. The van der Waals surface area contributed by atoms with Crippen LogP contribution in [0, 0.1) is 0 Å². The minimum absolute atomic E-state index is 0.249. The molecule has 1 aromatic heterocycles. The maximum Gasteiger partial charge on any atom is 0.0655 e. The Morgan fingerprint density at radius 2 is 2.42 bits per heavy atom. The second-order valence-electron chi connectivity index (χ2n) is 3.36. The molecular formula is C9H14N2O. The Balaban J connectivity index is 1.93. The van der Waals surface area contributed by atoms with Crippen LogP contribution in [0.15, 0.2) is 12.3 Å². The first kappa shape index (κ1) is 7.80. The molecule has 1 aliphatic rings. The fraction of sp³-hybridized carbons (Fsp3) is 0.667. The molecule has 0 amide bonds. The molecule has 3 heteroatoms. The van der Waals surface area contributed by atoms with Crippen molar-refractivity contribution in [3.05, 3.63) is 18.0 Å². The van der Waals surface area contributed by atoms with E-state index in [0.29, 0.717) is 0 Å². The van der Waals surface area contributed by atoms with E-state index >= 15 is 0 Å². The SMILES string of the molecule is OCCCn1ccc(C2CC2)n1. The number of hydrogen-bond donors (Lipinski definition) is 1. The van der Waals surface area contributed by atoms with Gasteiger partial charge < -0.3 is 5.11 Å². The van der Waals surface area contributed by atoms with Crippen LogP contribution in [-0.2, 0) is 6.54 Å². The Morgan fingerprint density at radius 3 is 3.08 bits per heavy atom. The smallest absolute Gasteiger partial charge is 0.0655 e. The van der Waals surface area contributed by atoms with E-state index in [1.54, 1.807) is 0 Å². The van der Waals surface area contributed by atoms with Crippen molar-refractivity contribution in [1.82, 2.24) is 9.78 Å². The van der Waals surface area contributed by atoms with Crippen LogP contribution < -0.4 is 0 Å². The monoisotopic (exact) mass is 166 g/mol. The third-order valence-electron chi connectivity index (χ3n) is 2.20. The lowest BCUT2D eigenvalue weighted by atomic mass is 10.3. The number of nitrogens with zero attached hydrogens (tertiary/aromatic N) is 2. The van der Waals surface area contributed by atoms with Crippen molar-refractivity contribution in [2.24, 2.45) is 0 Å². The third-order valence-corrected chi connectivity index (χ3v) is 2.20. The molecule has 0 saturated heterocycles. The highest BCUT2D eigenvalue weighted by Gasteiger charge is 2.25. The molecule has 1 saturated carbocycles. The molecule has 1 aromatic rings.